The second-order valence-electron chi connectivity index (χ2n) is 3.94. The van der Waals surface area contributed by atoms with Gasteiger partial charge < -0.3 is 14.7 Å². The molecule has 1 aliphatic rings. The maximum atomic E-state index is 11.7. The van der Waals surface area contributed by atoms with Gasteiger partial charge >= 0.3 is 0 Å². The summed E-state index contributed by atoms with van der Waals surface area (Å²) in [4.78, 5) is 13.4. The number of piperidine rings is 1. The molecule has 0 aromatic carbocycles. The summed E-state index contributed by atoms with van der Waals surface area (Å²) in [5.41, 5.74) is 0. The topological polar surface area (TPSA) is 49.8 Å². The largest absolute Gasteiger partial charge is 0.391 e. The van der Waals surface area contributed by atoms with Crippen molar-refractivity contribution in [1.82, 2.24) is 4.90 Å². The fourth-order valence-electron chi connectivity index (χ4n) is 1.81. The zero-order valence-electron chi connectivity index (χ0n) is 9.45. The normalized spacial score (nSPS) is 21.7. The SMILES string of the molecule is CCOCCCC(=O)N1CCC[C@H](O)C1. The number of aliphatic hydroxyl groups excluding tert-OH is 1. The first kappa shape index (κ1) is 12.5. The smallest absolute Gasteiger partial charge is 0.222 e. The second kappa shape index (κ2) is 6.80. The van der Waals surface area contributed by atoms with E-state index in [1.54, 1.807) is 4.90 Å². The lowest BCUT2D eigenvalue weighted by Gasteiger charge is -2.30. The number of hydrogen-bond acceptors (Lipinski definition) is 3. The van der Waals surface area contributed by atoms with Crippen LogP contribution in [0.5, 0.6) is 0 Å². The standard InChI is InChI=1S/C11H21NO3/c1-2-15-8-4-6-11(14)12-7-3-5-10(13)9-12/h10,13H,2-9H2,1H3/t10-/m0/s1. The quantitative estimate of drug-likeness (QED) is 0.690. The Hall–Kier alpha value is -0.610. The summed E-state index contributed by atoms with van der Waals surface area (Å²) < 4.78 is 5.17. The maximum Gasteiger partial charge on any atom is 0.222 e. The molecule has 0 aliphatic carbocycles. The number of aliphatic hydroxyl groups is 1. The van der Waals surface area contributed by atoms with Crippen LogP contribution in [-0.4, -0.2) is 48.3 Å². The molecule has 0 aromatic heterocycles. The van der Waals surface area contributed by atoms with E-state index in [4.69, 9.17) is 4.74 Å². The second-order valence-corrected chi connectivity index (χ2v) is 3.94. The molecule has 1 N–H and O–H groups in total. The molecule has 88 valence electrons. The highest BCUT2D eigenvalue weighted by molar-refractivity contribution is 5.76. The van der Waals surface area contributed by atoms with Crippen molar-refractivity contribution in [3.8, 4) is 0 Å². The van der Waals surface area contributed by atoms with Crippen LogP contribution >= 0.6 is 0 Å². The van der Waals surface area contributed by atoms with E-state index in [1.807, 2.05) is 6.92 Å². The van der Waals surface area contributed by atoms with Crippen LogP contribution in [0.1, 0.15) is 32.6 Å². The van der Waals surface area contributed by atoms with Crippen molar-refractivity contribution in [3.63, 3.8) is 0 Å². The van der Waals surface area contributed by atoms with E-state index >= 15 is 0 Å². The first-order valence-corrected chi connectivity index (χ1v) is 5.77. The number of amides is 1. The number of likely N-dealkylation sites (tertiary alicyclic amines) is 1. The highest BCUT2D eigenvalue weighted by Gasteiger charge is 2.21. The van der Waals surface area contributed by atoms with E-state index in [2.05, 4.69) is 0 Å². The number of hydrogen-bond donors (Lipinski definition) is 1. The Morgan fingerprint density at radius 1 is 1.60 bits per heavy atom. The summed E-state index contributed by atoms with van der Waals surface area (Å²) in [5.74, 6) is 0.147. The van der Waals surface area contributed by atoms with Gasteiger partial charge in [0.15, 0.2) is 0 Å². The lowest BCUT2D eigenvalue weighted by atomic mass is 10.1. The molecule has 1 saturated heterocycles. The van der Waals surface area contributed by atoms with Gasteiger partial charge in [-0.2, -0.15) is 0 Å². The first-order chi connectivity index (χ1) is 7.24. The Balaban J connectivity index is 2.15. The van der Waals surface area contributed by atoms with Gasteiger partial charge in [0.2, 0.25) is 5.91 Å². The summed E-state index contributed by atoms with van der Waals surface area (Å²) in [7, 11) is 0. The van der Waals surface area contributed by atoms with E-state index in [9.17, 15) is 9.90 Å². The molecule has 0 spiro atoms. The van der Waals surface area contributed by atoms with Crippen molar-refractivity contribution in [3.05, 3.63) is 0 Å². The number of ether oxygens (including phenoxy) is 1. The Labute approximate surface area is 91.2 Å². The van der Waals surface area contributed by atoms with Gasteiger partial charge in [-0.05, 0) is 26.2 Å². The predicted molar refractivity (Wildman–Crippen MR) is 57.5 cm³/mol. The van der Waals surface area contributed by atoms with Crippen molar-refractivity contribution < 1.29 is 14.6 Å². The van der Waals surface area contributed by atoms with Gasteiger partial charge in [0.05, 0.1) is 6.10 Å². The Bertz CT molecular complexity index is 196. The molecule has 0 radical (unpaired) electrons. The molecule has 1 heterocycles. The van der Waals surface area contributed by atoms with E-state index in [0.29, 0.717) is 26.2 Å². The Morgan fingerprint density at radius 3 is 3.07 bits per heavy atom. The summed E-state index contributed by atoms with van der Waals surface area (Å²) in [6.45, 7) is 4.61. The van der Waals surface area contributed by atoms with Crippen molar-refractivity contribution in [2.24, 2.45) is 0 Å². The minimum absolute atomic E-state index is 0.147. The maximum absolute atomic E-state index is 11.7. The third-order valence-corrected chi connectivity index (χ3v) is 2.63. The lowest BCUT2D eigenvalue weighted by molar-refractivity contribution is -0.134. The molecule has 0 unspecified atom stereocenters. The third-order valence-electron chi connectivity index (χ3n) is 2.63. The summed E-state index contributed by atoms with van der Waals surface area (Å²) in [6, 6.07) is 0. The van der Waals surface area contributed by atoms with Gasteiger partial charge in [-0.3, -0.25) is 4.79 Å². The number of carbonyl (C=O) groups excluding carboxylic acids is 1. The molecule has 4 heteroatoms. The van der Waals surface area contributed by atoms with Crippen molar-refractivity contribution in [1.29, 1.82) is 0 Å². The van der Waals surface area contributed by atoms with Gasteiger partial charge in [0, 0.05) is 32.7 Å². The zero-order valence-corrected chi connectivity index (χ0v) is 9.45. The van der Waals surface area contributed by atoms with Gasteiger partial charge in [-0.25, -0.2) is 0 Å². The molecule has 15 heavy (non-hydrogen) atoms. The molecule has 1 rings (SSSR count). The van der Waals surface area contributed by atoms with Crippen LogP contribution in [0.25, 0.3) is 0 Å². The number of rotatable bonds is 5. The molecule has 4 nitrogen and oxygen atoms in total. The third kappa shape index (κ3) is 4.62. The number of nitrogens with zero attached hydrogens (tertiary/aromatic N) is 1. The minimum atomic E-state index is -0.324. The molecule has 0 bridgehead atoms. The van der Waals surface area contributed by atoms with Crippen LogP contribution in [0.4, 0.5) is 0 Å². The summed E-state index contributed by atoms with van der Waals surface area (Å²) in [5, 5.41) is 9.42. The summed E-state index contributed by atoms with van der Waals surface area (Å²) >= 11 is 0. The van der Waals surface area contributed by atoms with Crippen molar-refractivity contribution >= 4 is 5.91 Å². The lowest BCUT2D eigenvalue weighted by Crippen LogP contribution is -2.42. The molecular weight excluding hydrogens is 194 g/mol. The van der Waals surface area contributed by atoms with E-state index in [0.717, 1.165) is 25.8 Å². The molecule has 1 fully saturated rings. The monoisotopic (exact) mass is 215 g/mol. The van der Waals surface area contributed by atoms with E-state index in [1.165, 1.54) is 0 Å². The van der Waals surface area contributed by atoms with Crippen LogP contribution in [-0.2, 0) is 9.53 Å². The Kier molecular flexibility index (Phi) is 5.65. The average molecular weight is 215 g/mol. The number of β-amino-alcohol motifs (C(OH)–C–C–N with tert-alkyl or cyclic N) is 1. The van der Waals surface area contributed by atoms with Gasteiger partial charge in [-0.1, -0.05) is 0 Å². The van der Waals surface area contributed by atoms with E-state index in [-0.39, 0.29) is 12.0 Å². The van der Waals surface area contributed by atoms with Gasteiger partial charge in [0.25, 0.3) is 0 Å². The molecule has 1 aliphatic heterocycles. The fourth-order valence-corrected chi connectivity index (χ4v) is 1.81. The highest BCUT2D eigenvalue weighted by Crippen LogP contribution is 2.11. The fraction of sp³-hybridized carbons (Fsp3) is 0.909. The molecule has 1 amide bonds. The van der Waals surface area contributed by atoms with Crippen molar-refractivity contribution in [2.45, 2.75) is 38.7 Å². The number of carbonyl (C=O) groups is 1. The van der Waals surface area contributed by atoms with Gasteiger partial charge in [0.1, 0.15) is 0 Å². The van der Waals surface area contributed by atoms with Crippen LogP contribution < -0.4 is 0 Å². The Morgan fingerprint density at radius 2 is 2.40 bits per heavy atom. The highest BCUT2D eigenvalue weighted by atomic mass is 16.5. The molecule has 1 atom stereocenters. The van der Waals surface area contributed by atoms with Crippen LogP contribution in [0.2, 0.25) is 0 Å². The minimum Gasteiger partial charge on any atom is -0.391 e. The van der Waals surface area contributed by atoms with E-state index < -0.39 is 0 Å². The van der Waals surface area contributed by atoms with Crippen molar-refractivity contribution in [2.75, 3.05) is 26.3 Å². The van der Waals surface area contributed by atoms with Crippen LogP contribution in [0.15, 0.2) is 0 Å². The molecule has 0 saturated carbocycles. The van der Waals surface area contributed by atoms with Gasteiger partial charge in [-0.15, -0.1) is 0 Å². The predicted octanol–water partition coefficient (Wildman–Crippen LogP) is 0.786. The molecule has 0 aromatic rings. The van der Waals surface area contributed by atoms with Crippen LogP contribution in [0, 0.1) is 0 Å². The molecular formula is C11H21NO3. The summed E-state index contributed by atoms with van der Waals surface area (Å²) in [6.07, 6.45) is 2.72. The van der Waals surface area contributed by atoms with Crippen LogP contribution in [0.3, 0.4) is 0 Å². The first-order valence-electron chi connectivity index (χ1n) is 5.77. The zero-order chi connectivity index (χ0) is 11.1. The average Bonchev–Trinajstić information content (AvgIpc) is 2.24.